The van der Waals surface area contributed by atoms with Gasteiger partial charge in [-0.1, -0.05) is 30.0 Å². The van der Waals surface area contributed by atoms with Crippen LogP contribution in [0.5, 0.6) is 0 Å². The first kappa shape index (κ1) is 19.2. The van der Waals surface area contributed by atoms with E-state index in [1.54, 1.807) is 18.7 Å². The number of Topliss-reactive ketones (excluding diaryl/α,β-unsaturated/α-hetero) is 1. The van der Waals surface area contributed by atoms with Gasteiger partial charge in [0.15, 0.2) is 16.3 Å². The Labute approximate surface area is 160 Å². The molecule has 2 aromatic heterocycles. The van der Waals surface area contributed by atoms with Crippen molar-refractivity contribution in [3.8, 4) is 0 Å². The second kappa shape index (κ2) is 7.19. The number of nitrogens with zero attached hydrogens (tertiary/aromatic N) is 4. The maximum absolute atomic E-state index is 12.4. The third-order valence-corrected chi connectivity index (χ3v) is 5.86. The summed E-state index contributed by atoms with van der Waals surface area (Å²) in [6.45, 7) is 4.07. The molecule has 142 valence electrons. The predicted molar refractivity (Wildman–Crippen MR) is 107 cm³/mol. The van der Waals surface area contributed by atoms with Crippen LogP contribution in [0.15, 0.2) is 32.9 Å². The van der Waals surface area contributed by atoms with Crippen molar-refractivity contribution in [2.75, 3.05) is 5.75 Å². The van der Waals surface area contributed by atoms with Crippen LogP contribution in [-0.4, -0.2) is 30.2 Å². The molecule has 3 rings (SSSR count). The summed E-state index contributed by atoms with van der Waals surface area (Å²) in [5, 5.41) is 0.539. The van der Waals surface area contributed by atoms with Crippen LogP contribution in [0.2, 0.25) is 0 Å². The summed E-state index contributed by atoms with van der Waals surface area (Å²) in [5.74, 6) is 0.329. The highest BCUT2D eigenvalue weighted by atomic mass is 32.2. The van der Waals surface area contributed by atoms with Crippen LogP contribution in [0.1, 0.15) is 16.7 Å². The van der Waals surface area contributed by atoms with Gasteiger partial charge in [-0.25, -0.2) is 9.78 Å². The number of hydrogen-bond acceptors (Lipinski definition) is 5. The normalized spacial score (nSPS) is 11.3. The highest BCUT2D eigenvalue weighted by Crippen LogP contribution is 2.21. The van der Waals surface area contributed by atoms with E-state index in [1.165, 1.54) is 34.5 Å². The Balaban J connectivity index is 1.82. The Hall–Kier alpha value is -2.61. The molecule has 1 aromatic carbocycles. The quantitative estimate of drug-likeness (QED) is 0.621. The summed E-state index contributed by atoms with van der Waals surface area (Å²) in [6.07, 6.45) is 0.359. The molecule has 0 spiro atoms. The van der Waals surface area contributed by atoms with E-state index in [1.807, 2.05) is 32.0 Å². The zero-order valence-corrected chi connectivity index (χ0v) is 16.9. The van der Waals surface area contributed by atoms with Gasteiger partial charge in [-0.15, -0.1) is 0 Å². The molecule has 0 radical (unpaired) electrons. The van der Waals surface area contributed by atoms with Crippen LogP contribution in [0.3, 0.4) is 0 Å². The van der Waals surface area contributed by atoms with Crippen LogP contribution in [0, 0.1) is 13.8 Å². The molecule has 0 atom stereocenters. The van der Waals surface area contributed by atoms with Crippen LogP contribution >= 0.6 is 11.8 Å². The molecule has 7 nitrogen and oxygen atoms in total. The molecule has 2 heterocycles. The molecule has 8 heteroatoms. The summed E-state index contributed by atoms with van der Waals surface area (Å²) in [6, 6.07) is 6.03. The summed E-state index contributed by atoms with van der Waals surface area (Å²) in [7, 11) is 4.74. The lowest BCUT2D eigenvalue weighted by Crippen LogP contribution is -2.37. The van der Waals surface area contributed by atoms with E-state index in [-0.39, 0.29) is 11.5 Å². The van der Waals surface area contributed by atoms with Gasteiger partial charge >= 0.3 is 5.69 Å². The van der Waals surface area contributed by atoms with Crippen molar-refractivity contribution in [1.29, 1.82) is 0 Å². The number of hydrogen-bond donors (Lipinski definition) is 0. The number of benzene rings is 1. The van der Waals surface area contributed by atoms with E-state index in [9.17, 15) is 14.4 Å². The van der Waals surface area contributed by atoms with Crippen molar-refractivity contribution in [1.82, 2.24) is 18.7 Å². The molecule has 0 amide bonds. The van der Waals surface area contributed by atoms with Gasteiger partial charge in [0, 0.05) is 27.6 Å². The minimum atomic E-state index is -0.423. The molecule has 0 bridgehead atoms. The lowest BCUT2D eigenvalue weighted by atomic mass is 10.0. The maximum atomic E-state index is 12.4. The maximum Gasteiger partial charge on any atom is 0.332 e. The van der Waals surface area contributed by atoms with Gasteiger partial charge in [-0.3, -0.25) is 18.7 Å². The summed E-state index contributed by atoms with van der Waals surface area (Å²) < 4.78 is 4.05. The number of aromatic nitrogens is 4. The van der Waals surface area contributed by atoms with Crippen molar-refractivity contribution in [2.45, 2.75) is 25.4 Å². The Morgan fingerprint density at radius 1 is 1.04 bits per heavy atom. The van der Waals surface area contributed by atoms with Gasteiger partial charge in [0.1, 0.15) is 5.78 Å². The first-order valence-corrected chi connectivity index (χ1v) is 9.52. The number of carbonyl (C=O) groups is 1. The van der Waals surface area contributed by atoms with Gasteiger partial charge in [0.05, 0.1) is 5.75 Å². The molecule has 0 unspecified atom stereocenters. The highest BCUT2D eigenvalue weighted by Gasteiger charge is 2.18. The Kier molecular flexibility index (Phi) is 5.10. The molecule has 27 heavy (non-hydrogen) atoms. The highest BCUT2D eigenvalue weighted by molar-refractivity contribution is 7.99. The minimum absolute atomic E-state index is 0.0806. The predicted octanol–water partition coefficient (Wildman–Crippen LogP) is 1.49. The van der Waals surface area contributed by atoms with Gasteiger partial charge in [-0.05, 0) is 30.5 Å². The van der Waals surface area contributed by atoms with Crippen molar-refractivity contribution in [2.24, 2.45) is 21.1 Å². The average Bonchev–Trinajstić information content (AvgIpc) is 2.96. The van der Waals surface area contributed by atoms with Crippen molar-refractivity contribution in [3.63, 3.8) is 0 Å². The smallest absolute Gasteiger partial charge is 0.316 e. The van der Waals surface area contributed by atoms with Crippen molar-refractivity contribution in [3.05, 3.63) is 55.7 Å². The fourth-order valence-electron chi connectivity index (χ4n) is 2.96. The Bertz CT molecular complexity index is 1170. The van der Waals surface area contributed by atoms with E-state index in [4.69, 9.17) is 0 Å². The number of rotatable bonds is 5. The molecule has 0 aliphatic rings. The Morgan fingerprint density at radius 2 is 1.74 bits per heavy atom. The molecule has 0 aliphatic carbocycles. The molecule has 0 aliphatic heterocycles. The summed E-state index contributed by atoms with van der Waals surface area (Å²) in [5.41, 5.74) is 3.22. The fourth-order valence-corrected chi connectivity index (χ4v) is 3.79. The first-order chi connectivity index (χ1) is 12.7. The second-order valence-corrected chi connectivity index (χ2v) is 7.70. The third-order valence-electron chi connectivity index (χ3n) is 4.77. The first-order valence-electron chi connectivity index (χ1n) is 8.53. The number of aryl methyl sites for hydroxylation is 4. The molecule has 0 saturated carbocycles. The monoisotopic (exact) mass is 386 g/mol. The zero-order valence-electron chi connectivity index (χ0n) is 16.1. The molecular weight excluding hydrogens is 364 g/mol. The van der Waals surface area contributed by atoms with E-state index in [2.05, 4.69) is 4.98 Å². The van der Waals surface area contributed by atoms with Gasteiger partial charge in [-0.2, -0.15) is 0 Å². The molecule has 0 saturated heterocycles. The second-order valence-electron chi connectivity index (χ2n) is 6.75. The number of ketones is 1. The van der Waals surface area contributed by atoms with Crippen LogP contribution in [0.25, 0.3) is 11.2 Å². The number of carbonyl (C=O) groups excluding carboxylic acids is 1. The SMILES string of the molecule is Cc1ccc(CC(=O)CSc2nc3c(c(=O)n(C)c(=O)n3C)n2C)cc1C. The lowest BCUT2D eigenvalue weighted by molar-refractivity contribution is -0.116. The van der Waals surface area contributed by atoms with E-state index in [0.717, 1.165) is 10.1 Å². The average molecular weight is 386 g/mol. The van der Waals surface area contributed by atoms with Crippen LogP contribution < -0.4 is 11.2 Å². The largest absolute Gasteiger partial charge is 0.332 e. The van der Waals surface area contributed by atoms with Gasteiger partial charge in [0.2, 0.25) is 0 Å². The van der Waals surface area contributed by atoms with Crippen LogP contribution in [0.4, 0.5) is 0 Å². The van der Waals surface area contributed by atoms with Crippen LogP contribution in [-0.2, 0) is 32.4 Å². The molecule has 3 aromatic rings. The fraction of sp³-hybridized carbons (Fsp3) is 0.368. The Morgan fingerprint density at radius 3 is 2.41 bits per heavy atom. The summed E-state index contributed by atoms with van der Waals surface area (Å²) >= 11 is 1.28. The molecule has 0 N–H and O–H groups in total. The molecule has 0 fully saturated rings. The molecular formula is C19H22N4O3S. The number of fused-ring (bicyclic) bond motifs is 1. The minimum Gasteiger partial charge on any atom is -0.316 e. The summed E-state index contributed by atoms with van der Waals surface area (Å²) in [4.78, 5) is 41.2. The lowest BCUT2D eigenvalue weighted by Gasteiger charge is -2.05. The van der Waals surface area contributed by atoms with E-state index >= 15 is 0 Å². The van der Waals surface area contributed by atoms with Gasteiger partial charge in [0.25, 0.3) is 5.56 Å². The number of thioether (sulfide) groups is 1. The topological polar surface area (TPSA) is 78.9 Å². The number of imidazole rings is 1. The standard InChI is InChI=1S/C19H22N4O3S/c1-11-6-7-13(8-12(11)2)9-14(24)10-27-18-20-16-15(21(18)3)17(25)23(5)19(26)22(16)4/h6-8H,9-10H2,1-5H3. The van der Waals surface area contributed by atoms with E-state index < -0.39 is 11.2 Å². The van der Waals surface area contributed by atoms with Crippen molar-refractivity contribution >= 4 is 28.7 Å². The third kappa shape index (κ3) is 3.49. The van der Waals surface area contributed by atoms with E-state index in [0.29, 0.717) is 22.7 Å². The van der Waals surface area contributed by atoms with Gasteiger partial charge < -0.3 is 4.57 Å². The zero-order chi connectivity index (χ0) is 19.9. The van der Waals surface area contributed by atoms with Crippen molar-refractivity contribution < 1.29 is 4.79 Å².